The standard InChI is InChI=1S/C14H11ClN2O2S/c1-7-6-9(8(2)19-7)13(18)17-14-16-12-10(15)4-3-5-11(12)20-14/h3-6H,1-2H3,(H,16,17,18). The zero-order valence-corrected chi connectivity index (χ0v) is 12.4. The average Bonchev–Trinajstić information content (AvgIpc) is 2.93. The van der Waals surface area contributed by atoms with Crippen molar-refractivity contribution in [2.24, 2.45) is 0 Å². The third-order valence-corrected chi connectivity index (χ3v) is 4.12. The molecule has 20 heavy (non-hydrogen) atoms. The second kappa shape index (κ2) is 4.92. The molecular weight excluding hydrogens is 296 g/mol. The number of carbonyl (C=O) groups is 1. The summed E-state index contributed by atoms with van der Waals surface area (Å²) in [5.74, 6) is 1.08. The minimum absolute atomic E-state index is 0.227. The molecule has 0 atom stereocenters. The van der Waals surface area contributed by atoms with Gasteiger partial charge in [-0.3, -0.25) is 10.1 Å². The summed E-state index contributed by atoms with van der Waals surface area (Å²) in [5.41, 5.74) is 1.22. The molecule has 0 aliphatic carbocycles. The highest BCUT2D eigenvalue weighted by molar-refractivity contribution is 7.22. The SMILES string of the molecule is Cc1cc(C(=O)Nc2nc3c(Cl)cccc3s2)c(C)o1. The van der Waals surface area contributed by atoms with Crippen LogP contribution >= 0.6 is 22.9 Å². The van der Waals surface area contributed by atoms with E-state index in [9.17, 15) is 4.79 Å². The van der Waals surface area contributed by atoms with Crippen LogP contribution in [0.15, 0.2) is 28.7 Å². The number of halogens is 1. The number of aryl methyl sites for hydroxylation is 2. The van der Waals surface area contributed by atoms with Gasteiger partial charge in [-0.15, -0.1) is 0 Å². The summed E-state index contributed by atoms with van der Waals surface area (Å²) < 4.78 is 6.29. The van der Waals surface area contributed by atoms with Gasteiger partial charge in [0.2, 0.25) is 0 Å². The van der Waals surface area contributed by atoms with Crippen molar-refractivity contribution >= 4 is 44.2 Å². The summed E-state index contributed by atoms with van der Waals surface area (Å²) in [6, 6.07) is 7.27. The summed E-state index contributed by atoms with van der Waals surface area (Å²) in [6.07, 6.45) is 0. The normalized spacial score (nSPS) is 10.9. The van der Waals surface area contributed by atoms with E-state index in [4.69, 9.17) is 16.0 Å². The van der Waals surface area contributed by atoms with E-state index in [1.165, 1.54) is 11.3 Å². The van der Waals surface area contributed by atoms with Crippen LogP contribution < -0.4 is 5.32 Å². The molecule has 0 aliphatic heterocycles. The Balaban J connectivity index is 1.91. The van der Waals surface area contributed by atoms with E-state index in [0.717, 1.165) is 4.70 Å². The molecule has 0 bridgehead atoms. The Hall–Kier alpha value is -1.85. The van der Waals surface area contributed by atoms with Crippen LogP contribution in [0.2, 0.25) is 5.02 Å². The number of carbonyl (C=O) groups excluding carboxylic acids is 1. The molecule has 6 heteroatoms. The summed E-state index contributed by atoms with van der Waals surface area (Å²) >= 11 is 7.46. The molecule has 1 aromatic carbocycles. The van der Waals surface area contributed by atoms with Gasteiger partial charge in [-0.05, 0) is 32.0 Å². The van der Waals surface area contributed by atoms with Crippen molar-refractivity contribution in [1.29, 1.82) is 0 Å². The lowest BCUT2D eigenvalue weighted by Crippen LogP contribution is -2.11. The first-order chi connectivity index (χ1) is 9.54. The van der Waals surface area contributed by atoms with Crippen molar-refractivity contribution < 1.29 is 9.21 Å². The van der Waals surface area contributed by atoms with Gasteiger partial charge in [0.05, 0.1) is 15.3 Å². The number of para-hydroxylation sites is 1. The molecule has 0 unspecified atom stereocenters. The second-order valence-corrected chi connectivity index (χ2v) is 5.82. The molecule has 2 aromatic heterocycles. The predicted molar refractivity (Wildman–Crippen MR) is 80.8 cm³/mol. The van der Waals surface area contributed by atoms with Gasteiger partial charge < -0.3 is 4.42 Å². The zero-order chi connectivity index (χ0) is 14.3. The Bertz CT molecular complexity index is 807. The van der Waals surface area contributed by atoms with Crippen LogP contribution in [0.3, 0.4) is 0 Å². The molecule has 0 spiro atoms. The molecule has 1 N–H and O–H groups in total. The van der Waals surface area contributed by atoms with Crippen LogP contribution in [0.5, 0.6) is 0 Å². The molecule has 3 rings (SSSR count). The molecule has 1 amide bonds. The molecule has 0 radical (unpaired) electrons. The van der Waals surface area contributed by atoms with Crippen molar-refractivity contribution in [3.8, 4) is 0 Å². The number of furan rings is 1. The van der Waals surface area contributed by atoms with E-state index < -0.39 is 0 Å². The van der Waals surface area contributed by atoms with E-state index in [1.807, 2.05) is 12.1 Å². The Morgan fingerprint density at radius 2 is 2.20 bits per heavy atom. The Labute approximate surface area is 124 Å². The van der Waals surface area contributed by atoms with Gasteiger partial charge in [-0.1, -0.05) is 29.0 Å². The minimum Gasteiger partial charge on any atom is -0.466 e. The lowest BCUT2D eigenvalue weighted by Gasteiger charge is -1.98. The molecule has 0 saturated carbocycles. The number of benzene rings is 1. The summed E-state index contributed by atoms with van der Waals surface area (Å²) in [5, 5.41) is 3.88. The number of nitrogens with one attached hydrogen (secondary N) is 1. The molecule has 4 nitrogen and oxygen atoms in total. The van der Waals surface area contributed by atoms with E-state index in [0.29, 0.717) is 32.8 Å². The number of fused-ring (bicyclic) bond motifs is 1. The average molecular weight is 307 g/mol. The first kappa shape index (κ1) is 13.1. The Morgan fingerprint density at radius 1 is 1.40 bits per heavy atom. The zero-order valence-electron chi connectivity index (χ0n) is 10.9. The third-order valence-electron chi connectivity index (χ3n) is 2.88. The van der Waals surface area contributed by atoms with Crippen LogP contribution in [-0.4, -0.2) is 10.9 Å². The van der Waals surface area contributed by atoms with E-state index in [1.54, 1.807) is 26.0 Å². The maximum atomic E-state index is 12.2. The molecule has 0 fully saturated rings. The maximum Gasteiger partial charge on any atom is 0.260 e. The van der Waals surface area contributed by atoms with Crippen molar-refractivity contribution in [1.82, 2.24) is 4.98 Å². The Kier molecular flexibility index (Phi) is 3.23. The molecule has 2 heterocycles. The summed E-state index contributed by atoms with van der Waals surface area (Å²) in [7, 11) is 0. The van der Waals surface area contributed by atoms with Gasteiger partial charge in [-0.2, -0.15) is 0 Å². The number of hydrogen-bond donors (Lipinski definition) is 1. The van der Waals surface area contributed by atoms with Gasteiger partial charge >= 0.3 is 0 Å². The second-order valence-electron chi connectivity index (χ2n) is 4.39. The summed E-state index contributed by atoms with van der Waals surface area (Å²) in [6.45, 7) is 3.57. The number of thiazole rings is 1. The van der Waals surface area contributed by atoms with Crippen molar-refractivity contribution in [3.63, 3.8) is 0 Å². The van der Waals surface area contributed by atoms with E-state index in [2.05, 4.69) is 10.3 Å². The molecular formula is C14H11ClN2O2S. The van der Waals surface area contributed by atoms with Gasteiger partial charge in [0.15, 0.2) is 5.13 Å². The first-order valence-corrected chi connectivity index (χ1v) is 7.17. The van der Waals surface area contributed by atoms with E-state index in [-0.39, 0.29) is 5.91 Å². The largest absolute Gasteiger partial charge is 0.466 e. The van der Waals surface area contributed by atoms with Gasteiger partial charge in [0.25, 0.3) is 5.91 Å². The van der Waals surface area contributed by atoms with Gasteiger partial charge in [0.1, 0.15) is 17.0 Å². The fourth-order valence-electron chi connectivity index (χ4n) is 1.99. The van der Waals surface area contributed by atoms with Crippen molar-refractivity contribution in [2.45, 2.75) is 13.8 Å². The number of nitrogens with zero attached hydrogens (tertiary/aromatic N) is 1. The lowest BCUT2D eigenvalue weighted by atomic mass is 10.2. The van der Waals surface area contributed by atoms with Gasteiger partial charge in [0, 0.05) is 0 Å². The number of rotatable bonds is 2. The highest BCUT2D eigenvalue weighted by Crippen LogP contribution is 2.31. The van der Waals surface area contributed by atoms with Crippen LogP contribution in [-0.2, 0) is 0 Å². The van der Waals surface area contributed by atoms with Crippen LogP contribution in [0.25, 0.3) is 10.2 Å². The van der Waals surface area contributed by atoms with Crippen LogP contribution in [0, 0.1) is 13.8 Å². The highest BCUT2D eigenvalue weighted by atomic mass is 35.5. The highest BCUT2D eigenvalue weighted by Gasteiger charge is 2.15. The fraction of sp³-hybridized carbons (Fsp3) is 0.143. The topological polar surface area (TPSA) is 55.1 Å². The first-order valence-electron chi connectivity index (χ1n) is 5.98. The number of hydrogen-bond acceptors (Lipinski definition) is 4. The van der Waals surface area contributed by atoms with E-state index >= 15 is 0 Å². The third kappa shape index (κ3) is 2.30. The van der Waals surface area contributed by atoms with Crippen molar-refractivity contribution in [3.05, 3.63) is 46.4 Å². The smallest absolute Gasteiger partial charge is 0.260 e. The molecule has 102 valence electrons. The lowest BCUT2D eigenvalue weighted by molar-refractivity contribution is 0.102. The quantitative estimate of drug-likeness (QED) is 0.763. The Morgan fingerprint density at radius 3 is 2.85 bits per heavy atom. The molecule has 0 aliphatic rings. The minimum atomic E-state index is -0.227. The fourth-order valence-corrected chi connectivity index (χ4v) is 3.15. The van der Waals surface area contributed by atoms with Crippen LogP contribution in [0.4, 0.5) is 5.13 Å². The number of aromatic nitrogens is 1. The molecule has 3 aromatic rings. The number of anilines is 1. The predicted octanol–water partition coefficient (Wildman–Crippen LogP) is 4.41. The van der Waals surface area contributed by atoms with Gasteiger partial charge in [-0.25, -0.2) is 4.98 Å². The monoisotopic (exact) mass is 306 g/mol. The van der Waals surface area contributed by atoms with Crippen molar-refractivity contribution in [2.75, 3.05) is 5.32 Å². The summed E-state index contributed by atoms with van der Waals surface area (Å²) in [4.78, 5) is 16.5. The maximum absolute atomic E-state index is 12.2. The van der Waals surface area contributed by atoms with Crippen LogP contribution in [0.1, 0.15) is 21.9 Å². The molecule has 0 saturated heterocycles. The number of amides is 1.